The third-order valence-electron chi connectivity index (χ3n) is 4.53. The lowest BCUT2D eigenvalue weighted by molar-refractivity contribution is -0.134. The molecule has 128 valence electrons. The average molecular weight is 358 g/mol. The molecule has 1 aromatic heterocycles. The Kier molecular flexibility index (Phi) is 4.75. The molecule has 8 heteroatoms. The largest absolute Gasteiger partial charge is 0.465 e. The zero-order chi connectivity index (χ0) is 16.6. The average Bonchev–Trinajstić information content (AvgIpc) is 3.01. The second-order valence-corrected chi connectivity index (χ2v) is 9.23. The molecule has 0 N–H and O–H groups in total. The number of nitrogens with zero attached hydrogens (tertiary/aromatic N) is 2. The lowest BCUT2D eigenvalue weighted by atomic mass is 10.0. The molecule has 2 fully saturated rings. The first-order valence-electron chi connectivity index (χ1n) is 7.68. The second-order valence-electron chi connectivity index (χ2n) is 6.21. The molecule has 0 saturated carbocycles. The molecule has 2 saturated heterocycles. The van der Waals surface area contributed by atoms with E-state index in [0.29, 0.717) is 25.4 Å². The molecule has 3 rings (SSSR count). The van der Waals surface area contributed by atoms with Crippen molar-refractivity contribution in [3.63, 3.8) is 0 Å². The van der Waals surface area contributed by atoms with E-state index >= 15 is 0 Å². The number of hydrogen-bond acceptors (Lipinski definition) is 6. The van der Waals surface area contributed by atoms with Gasteiger partial charge in [0.25, 0.3) is 0 Å². The van der Waals surface area contributed by atoms with E-state index in [0.717, 1.165) is 11.5 Å². The first-order valence-corrected chi connectivity index (χ1v) is 10.9. The van der Waals surface area contributed by atoms with E-state index in [9.17, 15) is 13.2 Å². The lowest BCUT2D eigenvalue weighted by Crippen LogP contribution is -2.60. The quantitative estimate of drug-likeness (QED) is 0.791. The minimum atomic E-state index is -3.10. The highest BCUT2D eigenvalue weighted by Gasteiger charge is 2.47. The van der Waals surface area contributed by atoms with E-state index < -0.39 is 9.84 Å². The van der Waals surface area contributed by atoms with Crippen molar-refractivity contribution < 1.29 is 17.6 Å². The van der Waals surface area contributed by atoms with E-state index in [4.69, 9.17) is 4.42 Å². The van der Waals surface area contributed by atoms with Gasteiger partial charge in [0.05, 0.1) is 29.8 Å². The van der Waals surface area contributed by atoms with Gasteiger partial charge in [-0.05, 0) is 25.3 Å². The van der Waals surface area contributed by atoms with Crippen molar-refractivity contribution in [3.8, 4) is 0 Å². The van der Waals surface area contributed by atoms with Gasteiger partial charge in [0, 0.05) is 19.1 Å². The van der Waals surface area contributed by atoms with E-state index in [2.05, 4.69) is 4.90 Å². The molecule has 2 aliphatic heterocycles. The van der Waals surface area contributed by atoms with Crippen LogP contribution in [0.4, 0.5) is 0 Å². The first-order chi connectivity index (χ1) is 10.9. The van der Waals surface area contributed by atoms with Crippen LogP contribution in [-0.2, 0) is 21.2 Å². The zero-order valence-corrected chi connectivity index (χ0v) is 15.0. The molecule has 3 heterocycles. The molecular formula is C15H22N2O4S2. The smallest absolute Gasteiger partial charge is 0.232 e. The van der Waals surface area contributed by atoms with Gasteiger partial charge in [-0.1, -0.05) is 0 Å². The zero-order valence-electron chi connectivity index (χ0n) is 13.4. The van der Waals surface area contributed by atoms with Gasteiger partial charge in [0.1, 0.15) is 11.5 Å². The number of aryl methyl sites for hydroxylation is 1. The topological polar surface area (TPSA) is 70.8 Å². The molecule has 6 nitrogen and oxygen atoms in total. The van der Waals surface area contributed by atoms with Crippen molar-refractivity contribution in [2.75, 3.05) is 36.6 Å². The fourth-order valence-corrected chi connectivity index (χ4v) is 5.93. The number of furan rings is 1. The third kappa shape index (κ3) is 3.59. The summed E-state index contributed by atoms with van der Waals surface area (Å²) in [4.78, 5) is 16.2. The molecule has 1 aromatic rings. The summed E-state index contributed by atoms with van der Waals surface area (Å²) in [6.07, 6.45) is 1.89. The number of fused-ring (bicyclic) bond motifs is 1. The minimum absolute atomic E-state index is 0.0399. The number of rotatable bonds is 4. The van der Waals surface area contributed by atoms with E-state index in [-0.39, 0.29) is 29.5 Å². The van der Waals surface area contributed by atoms with Gasteiger partial charge in [-0.3, -0.25) is 9.69 Å². The maximum absolute atomic E-state index is 12.3. The Bertz CT molecular complexity index is 685. The Morgan fingerprint density at radius 1 is 1.30 bits per heavy atom. The highest BCUT2D eigenvalue weighted by atomic mass is 32.2. The summed E-state index contributed by atoms with van der Waals surface area (Å²) in [5.74, 6) is 2.34. The third-order valence-corrected chi connectivity index (χ3v) is 6.77. The number of carbonyl (C=O) groups is 1. The lowest BCUT2D eigenvalue weighted by Gasteiger charge is -2.43. The SMILES string of the molecule is CSCC(=O)N1CCN(Cc2ccc(C)o2)C2CS(=O)(=O)CC21. The minimum Gasteiger partial charge on any atom is -0.465 e. The van der Waals surface area contributed by atoms with Crippen LogP contribution in [0.5, 0.6) is 0 Å². The Balaban J connectivity index is 1.79. The molecule has 0 aromatic carbocycles. The normalized spacial score (nSPS) is 27.1. The number of sulfone groups is 1. The summed E-state index contributed by atoms with van der Waals surface area (Å²) in [5.41, 5.74) is 0. The number of thioether (sulfide) groups is 1. The van der Waals surface area contributed by atoms with Crippen molar-refractivity contribution in [2.45, 2.75) is 25.6 Å². The molecular weight excluding hydrogens is 336 g/mol. The maximum atomic E-state index is 12.3. The summed E-state index contributed by atoms with van der Waals surface area (Å²) in [6.45, 7) is 3.74. The van der Waals surface area contributed by atoms with Crippen molar-refractivity contribution >= 4 is 27.5 Å². The fraction of sp³-hybridized carbons (Fsp3) is 0.667. The van der Waals surface area contributed by atoms with E-state index in [1.807, 2.05) is 25.3 Å². The summed E-state index contributed by atoms with van der Waals surface area (Å²) in [7, 11) is -3.10. The van der Waals surface area contributed by atoms with Crippen LogP contribution in [-0.4, -0.2) is 72.8 Å². The van der Waals surface area contributed by atoms with Gasteiger partial charge in [-0.25, -0.2) is 8.42 Å². The van der Waals surface area contributed by atoms with Crippen molar-refractivity contribution in [2.24, 2.45) is 0 Å². The monoisotopic (exact) mass is 358 g/mol. The Morgan fingerprint density at radius 3 is 2.70 bits per heavy atom. The van der Waals surface area contributed by atoms with E-state index in [1.54, 1.807) is 4.90 Å². The fourth-order valence-electron chi connectivity index (χ4n) is 3.51. The number of amides is 1. The van der Waals surface area contributed by atoms with Gasteiger partial charge < -0.3 is 9.32 Å². The molecule has 2 unspecified atom stereocenters. The highest BCUT2D eigenvalue weighted by molar-refractivity contribution is 7.99. The van der Waals surface area contributed by atoms with Crippen LogP contribution in [0.15, 0.2) is 16.5 Å². The van der Waals surface area contributed by atoms with Crippen LogP contribution in [0.2, 0.25) is 0 Å². The molecule has 23 heavy (non-hydrogen) atoms. The van der Waals surface area contributed by atoms with Crippen molar-refractivity contribution in [1.29, 1.82) is 0 Å². The molecule has 2 aliphatic rings. The number of carbonyl (C=O) groups excluding carboxylic acids is 1. The molecule has 0 radical (unpaired) electrons. The number of piperazine rings is 1. The molecule has 2 atom stereocenters. The molecule has 0 spiro atoms. The van der Waals surface area contributed by atoms with Gasteiger partial charge in [0.15, 0.2) is 9.84 Å². The summed E-state index contributed by atoms with van der Waals surface area (Å²) in [5, 5.41) is 0. The van der Waals surface area contributed by atoms with Gasteiger partial charge >= 0.3 is 0 Å². The summed E-state index contributed by atoms with van der Waals surface area (Å²) in [6, 6.07) is 3.48. The van der Waals surface area contributed by atoms with Crippen LogP contribution < -0.4 is 0 Å². The van der Waals surface area contributed by atoms with Crippen LogP contribution >= 0.6 is 11.8 Å². The standard InChI is InChI=1S/C15H22N2O4S2/c1-11-3-4-12(21-11)7-16-5-6-17(15(18)8-22-2)14-10-23(19,20)9-13(14)16/h3-4,13-14H,5-10H2,1-2H3. The van der Waals surface area contributed by atoms with Crippen LogP contribution in [0.25, 0.3) is 0 Å². The van der Waals surface area contributed by atoms with Crippen LogP contribution in [0.3, 0.4) is 0 Å². The molecule has 0 bridgehead atoms. The highest BCUT2D eigenvalue weighted by Crippen LogP contribution is 2.29. The van der Waals surface area contributed by atoms with Crippen molar-refractivity contribution in [1.82, 2.24) is 9.80 Å². The van der Waals surface area contributed by atoms with Crippen molar-refractivity contribution in [3.05, 3.63) is 23.7 Å². The maximum Gasteiger partial charge on any atom is 0.232 e. The number of hydrogen-bond donors (Lipinski definition) is 0. The Hall–Kier alpha value is -0.990. The van der Waals surface area contributed by atoms with Gasteiger partial charge in [-0.15, -0.1) is 0 Å². The van der Waals surface area contributed by atoms with E-state index in [1.165, 1.54) is 11.8 Å². The predicted molar refractivity (Wildman–Crippen MR) is 90.2 cm³/mol. The predicted octanol–water partition coefficient (Wildman–Crippen LogP) is 0.761. The Labute approximate surface area is 141 Å². The second kappa shape index (κ2) is 6.49. The van der Waals surface area contributed by atoms with Crippen LogP contribution in [0, 0.1) is 6.92 Å². The summed E-state index contributed by atoms with van der Waals surface area (Å²) < 4.78 is 29.9. The summed E-state index contributed by atoms with van der Waals surface area (Å²) >= 11 is 1.47. The Morgan fingerprint density at radius 2 is 2.04 bits per heavy atom. The van der Waals surface area contributed by atoms with Crippen LogP contribution in [0.1, 0.15) is 11.5 Å². The molecule has 0 aliphatic carbocycles. The van der Waals surface area contributed by atoms with Gasteiger partial charge in [-0.2, -0.15) is 11.8 Å². The van der Waals surface area contributed by atoms with Gasteiger partial charge in [0.2, 0.25) is 5.91 Å². The molecule has 1 amide bonds. The first kappa shape index (κ1) is 16.9.